The summed E-state index contributed by atoms with van der Waals surface area (Å²) in [6.07, 6.45) is 19.0. The Labute approximate surface area is 232 Å². The molecule has 2 atom stereocenters. The quantitative estimate of drug-likeness (QED) is 0.333. The van der Waals surface area contributed by atoms with Crippen molar-refractivity contribution in [2.75, 3.05) is 0 Å². The van der Waals surface area contributed by atoms with Gasteiger partial charge < -0.3 is 22.7 Å². The average molecular weight is 563 g/mol. The van der Waals surface area contributed by atoms with Gasteiger partial charge in [-0.3, -0.25) is 4.79 Å². The van der Waals surface area contributed by atoms with Crippen molar-refractivity contribution in [1.82, 2.24) is 4.57 Å². The number of nitrogens with zero attached hydrogens (tertiary/aromatic N) is 2. The molecule has 1 amide bonds. The van der Waals surface area contributed by atoms with Crippen LogP contribution < -0.4 is 27.3 Å². The molecular formula is C32H40BrN3O. The van der Waals surface area contributed by atoms with Crippen LogP contribution >= 0.6 is 0 Å². The van der Waals surface area contributed by atoms with Crippen LogP contribution in [0, 0.1) is 18.8 Å². The Balaban J connectivity index is 0.00000320. The van der Waals surface area contributed by atoms with Gasteiger partial charge in [-0.05, 0) is 61.1 Å². The zero-order valence-electron chi connectivity index (χ0n) is 21.9. The molecule has 0 aliphatic heterocycles. The number of rotatable bonds is 8. The van der Waals surface area contributed by atoms with E-state index in [1.165, 1.54) is 37.9 Å². The Kier molecular flexibility index (Phi) is 9.07. The number of nitrogens with two attached hydrogens (primary N) is 1. The fourth-order valence-electron chi connectivity index (χ4n) is 6.92. The topological polar surface area (TPSA) is 51.9 Å². The summed E-state index contributed by atoms with van der Waals surface area (Å²) < 4.78 is 4.78. The Bertz CT molecular complexity index is 1140. The number of carbonyl (C=O) groups is 1. The molecule has 37 heavy (non-hydrogen) atoms. The SMILES string of the molecule is Cc1n(C2CCC(C(C(N)=O)(c3ccccc3)c3ccccc3)C2)cc[n+]1CC=CC1CCCCC1.[Br-]. The van der Waals surface area contributed by atoms with E-state index in [9.17, 15) is 4.79 Å². The molecule has 2 fully saturated rings. The van der Waals surface area contributed by atoms with Crippen molar-refractivity contribution in [3.63, 3.8) is 0 Å². The van der Waals surface area contributed by atoms with Gasteiger partial charge in [0.2, 0.25) is 5.91 Å². The fraction of sp³-hybridized carbons (Fsp3) is 0.438. The molecule has 3 aromatic rings. The maximum Gasteiger partial charge on any atom is 0.253 e. The summed E-state index contributed by atoms with van der Waals surface area (Å²) in [4.78, 5) is 13.4. The molecule has 0 bridgehead atoms. The van der Waals surface area contributed by atoms with E-state index in [0.29, 0.717) is 6.04 Å². The summed E-state index contributed by atoms with van der Waals surface area (Å²) in [5.74, 6) is 1.93. The van der Waals surface area contributed by atoms with Gasteiger partial charge in [-0.25, -0.2) is 9.13 Å². The van der Waals surface area contributed by atoms with Gasteiger partial charge in [-0.1, -0.05) is 86.0 Å². The van der Waals surface area contributed by atoms with Crippen molar-refractivity contribution in [1.29, 1.82) is 0 Å². The molecule has 2 aliphatic rings. The average Bonchev–Trinajstić information content (AvgIpc) is 3.53. The minimum Gasteiger partial charge on any atom is -1.00 e. The maximum atomic E-state index is 13.4. The number of carbonyl (C=O) groups excluding carboxylic acids is 1. The van der Waals surface area contributed by atoms with Gasteiger partial charge in [0.05, 0.1) is 0 Å². The molecule has 1 heterocycles. The van der Waals surface area contributed by atoms with Crippen LogP contribution in [-0.2, 0) is 16.8 Å². The lowest BCUT2D eigenvalue weighted by Gasteiger charge is -2.37. The number of aromatic nitrogens is 2. The molecule has 0 radical (unpaired) electrons. The maximum absolute atomic E-state index is 13.4. The normalized spacial score (nSPS) is 20.7. The third-order valence-electron chi connectivity index (χ3n) is 8.81. The smallest absolute Gasteiger partial charge is 0.253 e. The highest BCUT2D eigenvalue weighted by Crippen LogP contribution is 2.49. The summed E-state index contributed by atoms with van der Waals surface area (Å²) in [6.45, 7) is 3.14. The van der Waals surface area contributed by atoms with Gasteiger partial charge in [-0.2, -0.15) is 0 Å². The minimum absolute atomic E-state index is 0. The molecule has 2 aromatic carbocycles. The summed E-state index contributed by atoms with van der Waals surface area (Å²) >= 11 is 0. The molecule has 196 valence electrons. The Morgan fingerprint density at radius 3 is 2.19 bits per heavy atom. The van der Waals surface area contributed by atoms with Crippen molar-refractivity contribution in [2.45, 2.75) is 76.3 Å². The lowest BCUT2D eigenvalue weighted by Crippen LogP contribution is -3.00. The molecule has 2 saturated carbocycles. The number of imidazole rings is 1. The van der Waals surface area contributed by atoms with Gasteiger partial charge in [-0.15, -0.1) is 0 Å². The molecule has 0 spiro atoms. The summed E-state index contributed by atoms with van der Waals surface area (Å²) in [5.41, 5.74) is 7.47. The first-order valence-corrected chi connectivity index (χ1v) is 13.7. The van der Waals surface area contributed by atoms with Crippen LogP contribution in [0.1, 0.15) is 74.4 Å². The van der Waals surface area contributed by atoms with E-state index in [2.05, 4.69) is 64.9 Å². The monoisotopic (exact) mass is 561 g/mol. The molecule has 4 nitrogen and oxygen atoms in total. The number of hydrogen-bond donors (Lipinski definition) is 1. The number of allylic oxidation sites excluding steroid dienone is 2. The van der Waals surface area contributed by atoms with Crippen LogP contribution in [0.5, 0.6) is 0 Å². The molecular weight excluding hydrogens is 522 g/mol. The predicted octanol–water partition coefficient (Wildman–Crippen LogP) is 3.04. The molecule has 5 rings (SSSR count). The standard InChI is InChI=1S/C32H39N3O.BrH/c1-25-34(21-11-14-26-12-5-2-6-13-26)22-23-35(25)30-20-19-29(24-30)32(31(33)36,27-15-7-3-8-16-27)28-17-9-4-10-18-28;/h3-4,7-11,14-18,22-23,26,29-30H,2,5-6,12-13,19-21,24H2,1H3,(H-,33,36);1H. The minimum atomic E-state index is -0.822. The number of amides is 1. The zero-order chi connectivity index (χ0) is 25.0. The van der Waals surface area contributed by atoms with Crippen LogP contribution in [0.2, 0.25) is 0 Å². The predicted molar refractivity (Wildman–Crippen MR) is 144 cm³/mol. The van der Waals surface area contributed by atoms with Crippen LogP contribution in [-0.4, -0.2) is 10.5 Å². The number of benzene rings is 2. The second-order valence-corrected chi connectivity index (χ2v) is 10.8. The molecule has 0 saturated heterocycles. The van der Waals surface area contributed by atoms with Gasteiger partial charge >= 0.3 is 0 Å². The van der Waals surface area contributed by atoms with Gasteiger partial charge in [0.1, 0.15) is 30.4 Å². The van der Waals surface area contributed by atoms with Gasteiger partial charge in [0.25, 0.3) is 5.82 Å². The first kappa shape index (κ1) is 27.4. The van der Waals surface area contributed by atoms with E-state index in [1.54, 1.807) is 0 Å². The van der Waals surface area contributed by atoms with E-state index in [1.807, 2.05) is 36.4 Å². The van der Waals surface area contributed by atoms with Crippen molar-refractivity contribution in [2.24, 2.45) is 17.6 Å². The molecule has 2 N–H and O–H groups in total. The van der Waals surface area contributed by atoms with Crippen LogP contribution in [0.25, 0.3) is 0 Å². The highest BCUT2D eigenvalue weighted by Gasteiger charge is 2.51. The Morgan fingerprint density at radius 2 is 1.59 bits per heavy atom. The van der Waals surface area contributed by atoms with E-state index in [-0.39, 0.29) is 28.8 Å². The second-order valence-electron chi connectivity index (χ2n) is 10.8. The largest absolute Gasteiger partial charge is 1.00 e. The third-order valence-corrected chi connectivity index (χ3v) is 8.81. The fourth-order valence-corrected chi connectivity index (χ4v) is 6.92. The van der Waals surface area contributed by atoms with Crippen molar-refractivity contribution < 1.29 is 26.3 Å². The second kappa shape index (κ2) is 12.3. The van der Waals surface area contributed by atoms with E-state index in [0.717, 1.165) is 42.9 Å². The Morgan fingerprint density at radius 1 is 0.973 bits per heavy atom. The summed E-state index contributed by atoms with van der Waals surface area (Å²) in [7, 11) is 0. The first-order chi connectivity index (χ1) is 17.6. The zero-order valence-corrected chi connectivity index (χ0v) is 23.5. The summed E-state index contributed by atoms with van der Waals surface area (Å²) in [6, 6.07) is 20.7. The summed E-state index contributed by atoms with van der Waals surface area (Å²) in [5, 5.41) is 0. The lowest BCUT2D eigenvalue weighted by molar-refractivity contribution is -0.692. The van der Waals surface area contributed by atoms with Crippen LogP contribution in [0.4, 0.5) is 0 Å². The highest BCUT2D eigenvalue weighted by molar-refractivity contribution is 5.91. The van der Waals surface area contributed by atoms with Crippen molar-refractivity contribution in [3.05, 3.63) is 102 Å². The van der Waals surface area contributed by atoms with Crippen molar-refractivity contribution in [3.8, 4) is 0 Å². The third kappa shape index (κ3) is 5.47. The lowest BCUT2D eigenvalue weighted by atomic mass is 9.64. The van der Waals surface area contributed by atoms with Crippen LogP contribution in [0.15, 0.2) is 85.2 Å². The highest BCUT2D eigenvalue weighted by atomic mass is 79.9. The molecule has 2 aliphatic carbocycles. The number of primary amides is 1. The molecule has 2 unspecified atom stereocenters. The number of hydrogen-bond acceptors (Lipinski definition) is 1. The number of halogens is 1. The van der Waals surface area contributed by atoms with Crippen molar-refractivity contribution >= 4 is 5.91 Å². The van der Waals surface area contributed by atoms with E-state index < -0.39 is 5.41 Å². The van der Waals surface area contributed by atoms with Gasteiger partial charge in [0.15, 0.2) is 0 Å². The van der Waals surface area contributed by atoms with E-state index >= 15 is 0 Å². The molecule has 5 heteroatoms. The van der Waals surface area contributed by atoms with Gasteiger partial charge in [0, 0.05) is 6.92 Å². The Hall–Kier alpha value is -2.66. The van der Waals surface area contributed by atoms with Crippen LogP contribution in [0.3, 0.4) is 0 Å². The molecule has 1 aromatic heterocycles. The van der Waals surface area contributed by atoms with E-state index in [4.69, 9.17) is 5.73 Å². The first-order valence-electron chi connectivity index (χ1n) is 13.7.